The minimum atomic E-state index is -3.76. The molecular formula is C28H24N4O4S3. The highest BCUT2D eigenvalue weighted by Crippen LogP contribution is 2.32. The average Bonchev–Trinajstić information content (AvgIpc) is 3.63. The van der Waals surface area contributed by atoms with Crippen LogP contribution in [-0.2, 0) is 16.6 Å². The number of hydrogen-bond acceptors (Lipinski definition) is 8. The van der Waals surface area contributed by atoms with Gasteiger partial charge in [0.1, 0.15) is 5.75 Å². The first kappa shape index (κ1) is 26.7. The summed E-state index contributed by atoms with van der Waals surface area (Å²) >= 11 is 2.80. The third-order valence-electron chi connectivity index (χ3n) is 5.86. The summed E-state index contributed by atoms with van der Waals surface area (Å²) in [6, 6.07) is 24.5. The Kier molecular flexibility index (Phi) is 7.84. The zero-order chi connectivity index (χ0) is 27.4. The smallest absolute Gasteiger partial charge is 0.280 e. The molecule has 0 N–H and O–H groups in total. The van der Waals surface area contributed by atoms with Crippen molar-refractivity contribution < 1.29 is 17.9 Å². The van der Waals surface area contributed by atoms with Crippen LogP contribution in [-0.4, -0.2) is 44.0 Å². The van der Waals surface area contributed by atoms with Crippen molar-refractivity contribution in [3.8, 4) is 5.75 Å². The fourth-order valence-corrected chi connectivity index (χ4v) is 6.46. The number of rotatable bonds is 9. The monoisotopic (exact) mass is 576 g/mol. The highest BCUT2D eigenvalue weighted by molar-refractivity contribution is 7.89. The molecule has 0 saturated heterocycles. The maximum Gasteiger partial charge on any atom is 0.280 e. The maximum absolute atomic E-state index is 13.6. The quantitative estimate of drug-likeness (QED) is 0.162. The summed E-state index contributed by atoms with van der Waals surface area (Å²) in [6.45, 7) is 0.234. The summed E-state index contributed by atoms with van der Waals surface area (Å²) in [5, 5.41) is 8.00. The van der Waals surface area contributed by atoms with Gasteiger partial charge in [-0.1, -0.05) is 47.7 Å². The van der Waals surface area contributed by atoms with Crippen LogP contribution in [0.25, 0.3) is 10.2 Å². The van der Waals surface area contributed by atoms with E-state index in [1.807, 2.05) is 60.0 Å². The number of nitrogens with zero attached hydrogens (tertiary/aromatic N) is 4. The summed E-state index contributed by atoms with van der Waals surface area (Å²) in [5.41, 5.74) is 1.87. The van der Waals surface area contributed by atoms with Gasteiger partial charge in [-0.15, -0.1) is 11.3 Å². The molecule has 0 unspecified atom stereocenters. The molecule has 0 aliphatic carbocycles. The number of carbonyl (C=O) groups is 1. The van der Waals surface area contributed by atoms with Gasteiger partial charge in [-0.25, -0.2) is 13.4 Å². The van der Waals surface area contributed by atoms with Crippen LogP contribution < -0.4 is 9.75 Å². The van der Waals surface area contributed by atoms with Crippen LogP contribution in [0.5, 0.6) is 5.75 Å². The predicted octanol–water partition coefficient (Wildman–Crippen LogP) is 5.87. The van der Waals surface area contributed by atoms with Gasteiger partial charge in [-0.05, 0) is 59.5 Å². The van der Waals surface area contributed by atoms with Crippen molar-refractivity contribution in [3.63, 3.8) is 0 Å². The Labute approximate surface area is 234 Å². The second-order valence-corrected chi connectivity index (χ2v) is 12.5. The van der Waals surface area contributed by atoms with Gasteiger partial charge in [0.15, 0.2) is 0 Å². The number of methoxy groups -OCH3 is 1. The molecule has 5 aromatic rings. The van der Waals surface area contributed by atoms with E-state index in [-0.39, 0.29) is 17.0 Å². The first-order valence-corrected chi connectivity index (χ1v) is 15.0. The molecule has 0 aliphatic heterocycles. The molecule has 11 heteroatoms. The lowest BCUT2D eigenvalue weighted by molar-refractivity contribution is 0.0987. The number of aromatic nitrogens is 1. The second-order valence-electron chi connectivity index (χ2n) is 8.48. The number of hydrogen-bond donors (Lipinski definition) is 0. The van der Waals surface area contributed by atoms with Gasteiger partial charge in [0.05, 0.1) is 28.4 Å². The molecule has 2 aromatic heterocycles. The van der Waals surface area contributed by atoms with E-state index in [9.17, 15) is 13.2 Å². The van der Waals surface area contributed by atoms with Crippen molar-refractivity contribution >= 4 is 60.2 Å². The Balaban J connectivity index is 1.43. The number of anilines is 1. The van der Waals surface area contributed by atoms with Gasteiger partial charge in [-0.3, -0.25) is 4.79 Å². The summed E-state index contributed by atoms with van der Waals surface area (Å²) in [5.74, 6) is 0.252. The Morgan fingerprint density at radius 3 is 2.49 bits per heavy atom. The lowest BCUT2D eigenvalue weighted by Crippen LogP contribution is -2.27. The van der Waals surface area contributed by atoms with Crippen LogP contribution in [0.4, 0.5) is 5.13 Å². The number of fused-ring (bicyclic) bond motifs is 1. The van der Waals surface area contributed by atoms with Crippen molar-refractivity contribution in [2.24, 2.45) is 5.10 Å². The fourth-order valence-electron chi connectivity index (χ4n) is 3.78. The molecule has 39 heavy (non-hydrogen) atoms. The Morgan fingerprint density at radius 1 is 1.03 bits per heavy atom. The lowest BCUT2D eigenvalue weighted by atomic mass is 10.2. The molecule has 0 bridgehead atoms. The van der Waals surface area contributed by atoms with Crippen LogP contribution in [0.3, 0.4) is 0 Å². The molecule has 3 aromatic carbocycles. The Bertz CT molecular complexity index is 1720. The number of sulfonamides is 1. The van der Waals surface area contributed by atoms with Crippen molar-refractivity contribution in [1.29, 1.82) is 0 Å². The summed E-state index contributed by atoms with van der Waals surface area (Å²) < 4.78 is 33.7. The minimum absolute atomic E-state index is 0.0956. The molecule has 0 atom stereocenters. The van der Waals surface area contributed by atoms with E-state index in [0.717, 1.165) is 15.1 Å². The molecule has 0 aliphatic rings. The standard InChI is InChI=1S/C28H24N4O4S3/c1-31(19-20-7-4-3-5-8-20)39(34,35)24-13-10-21(11-14-24)27(33)32(29-18-23-9-6-16-37-23)28-30-25-15-12-22(36-2)17-26(25)38-28/h3-18H,19H2,1-2H3/b29-18+. The van der Waals surface area contributed by atoms with Crippen LogP contribution in [0.1, 0.15) is 20.8 Å². The zero-order valence-electron chi connectivity index (χ0n) is 21.1. The molecule has 1 amide bonds. The van der Waals surface area contributed by atoms with E-state index in [1.54, 1.807) is 19.4 Å². The van der Waals surface area contributed by atoms with Gasteiger partial charge in [0, 0.05) is 24.0 Å². The van der Waals surface area contributed by atoms with Crippen molar-refractivity contribution in [2.45, 2.75) is 11.4 Å². The first-order valence-electron chi connectivity index (χ1n) is 11.8. The molecule has 0 spiro atoms. The SMILES string of the molecule is COc1ccc2nc(N(/N=C/c3cccs3)C(=O)c3ccc(S(=O)(=O)N(C)Cc4ccccc4)cc3)sc2c1. The summed E-state index contributed by atoms with van der Waals surface area (Å²) in [7, 11) is -0.635. The number of benzene rings is 3. The van der Waals surface area contributed by atoms with Crippen molar-refractivity contribution in [3.05, 3.63) is 106 Å². The fraction of sp³-hybridized carbons (Fsp3) is 0.107. The Morgan fingerprint density at radius 2 is 1.79 bits per heavy atom. The van der Waals surface area contributed by atoms with Gasteiger partial charge >= 0.3 is 0 Å². The minimum Gasteiger partial charge on any atom is -0.497 e. The second kappa shape index (κ2) is 11.5. The molecule has 8 nitrogen and oxygen atoms in total. The van der Waals surface area contributed by atoms with E-state index in [2.05, 4.69) is 10.1 Å². The van der Waals surface area contributed by atoms with Gasteiger partial charge in [-0.2, -0.15) is 14.4 Å². The summed E-state index contributed by atoms with van der Waals surface area (Å²) in [6.07, 6.45) is 1.60. The topological polar surface area (TPSA) is 92.2 Å². The van der Waals surface area contributed by atoms with Crippen LogP contribution >= 0.6 is 22.7 Å². The third kappa shape index (κ3) is 5.91. The lowest BCUT2D eigenvalue weighted by Gasteiger charge is -2.18. The van der Waals surface area contributed by atoms with Crippen LogP contribution in [0.15, 0.2) is 100 Å². The summed E-state index contributed by atoms with van der Waals surface area (Å²) in [4.78, 5) is 19.2. The van der Waals surface area contributed by atoms with E-state index in [4.69, 9.17) is 4.74 Å². The maximum atomic E-state index is 13.6. The van der Waals surface area contributed by atoms with Gasteiger partial charge in [0.2, 0.25) is 15.2 Å². The van der Waals surface area contributed by atoms with Crippen LogP contribution in [0.2, 0.25) is 0 Å². The van der Waals surface area contributed by atoms with E-state index in [0.29, 0.717) is 16.4 Å². The molecule has 0 fully saturated rings. The zero-order valence-corrected chi connectivity index (χ0v) is 23.5. The highest BCUT2D eigenvalue weighted by atomic mass is 32.2. The molecule has 2 heterocycles. The van der Waals surface area contributed by atoms with Crippen molar-refractivity contribution in [2.75, 3.05) is 19.2 Å². The van der Waals surface area contributed by atoms with Gasteiger partial charge in [0.25, 0.3) is 5.91 Å². The number of hydrazone groups is 1. The number of thiazole rings is 1. The largest absolute Gasteiger partial charge is 0.497 e. The third-order valence-corrected chi connectivity index (χ3v) is 9.48. The first-order chi connectivity index (χ1) is 18.8. The van der Waals surface area contributed by atoms with E-state index >= 15 is 0 Å². The Hall–Kier alpha value is -3.90. The van der Waals surface area contributed by atoms with Gasteiger partial charge < -0.3 is 4.74 Å². The molecule has 5 rings (SSSR count). The van der Waals surface area contributed by atoms with E-state index in [1.165, 1.54) is 63.3 Å². The number of carbonyl (C=O) groups excluding carboxylic acids is 1. The molecule has 0 radical (unpaired) electrons. The molecule has 198 valence electrons. The number of thiophene rings is 1. The highest BCUT2D eigenvalue weighted by Gasteiger charge is 2.24. The normalized spacial score (nSPS) is 11.9. The van der Waals surface area contributed by atoms with Crippen molar-refractivity contribution in [1.82, 2.24) is 9.29 Å². The molecular weight excluding hydrogens is 553 g/mol. The predicted molar refractivity (Wildman–Crippen MR) is 156 cm³/mol. The number of amides is 1. The number of ether oxygens (including phenoxy) is 1. The average molecular weight is 577 g/mol. The molecule has 0 saturated carbocycles. The van der Waals surface area contributed by atoms with Crippen LogP contribution in [0, 0.1) is 0 Å². The van der Waals surface area contributed by atoms with E-state index < -0.39 is 15.9 Å².